The lowest BCUT2D eigenvalue weighted by molar-refractivity contribution is -0.165. The number of benzene rings is 3. The van der Waals surface area contributed by atoms with Crippen molar-refractivity contribution in [3.63, 3.8) is 0 Å². The Balaban J connectivity index is 2.03. The zero-order valence-electron chi connectivity index (χ0n) is 15.6. The van der Waals surface area contributed by atoms with Gasteiger partial charge in [0.05, 0.1) is 0 Å². The quantitative estimate of drug-likeness (QED) is 0.461. The molecule has 0 aliphatic carbocycles. The molecule has 0 bridgehead atoms. The topological polar surface area (TPSA) is 29.1 Å². The first kappa shape index (κ1) is 20.8. The van der Waals surface area contributed by atoms with Crippen LogP contribution in [0.25, 0.3) is 0 Å². The van der Waals surface area contributed by atoms with E-state index in [1.807, 2.05) is 84.9 Å². The minimum absolute atomic E-state index is 0.135. The molecule has 0 aliphatic heterocycles. The molecule has 3 rings (SSSR count). The standard InChI is InChI=1S/C23H19F3NOP/c1-17(16-22(28)23(24,25)26)27-20-14-8-9-15-21(20)29(18-10-4-2-5-11-18)19-12-6-3-7-13-19/h2-16,27H,1H3. The van der Waals surface area contributed by atoms with Crippen molar-refractivity contribution in [2.45, 2.75) is 13.1 Å². The Labute approximate surface area is 168 Å². The Morgan fingerprint density at radius 2 is 1.31 bits per heavy atom. The number of anilines is 1. The van der Waals surface area contributed by atoms with Crippen LogP contribution in [0, 0.1) is 0 Å². The van der Waals surface area contributed by atoms with Crippen LogP contribution in [0.15, 0.2) is 96.7 Å². The molecule has 0 unspecified atom stereocenters. The van der Waals surface area contributed by atoms with Gasteiger partial charge in [0, 0.05) is 22.8 Å². The predicted octanol–water partition coefficient (Wildman–Crippen LogP) is 4.89. The fraction of sp³-hybridized carbons (Fsp3) is 0.0870. The lowest BCUT2D eigenvalue weighted by Crippen LogP contribution is -2.24. The van der Waals surface area contributed by atoms with Gasteiger partial charge >= 0.3 is 6.18 Å². The number of nitrogens with one attached hydrogen (secondary N) is 1. The fourth-order valence-corrected chi connectivity index (χ4v) is 5.28. The second-order valence-corrected chi connectivity index (χ2v) is 8.52. The molecule has 2 nitrogen and oxygen atoms in total. The highest BCUT2D eigenvalue weighted by atomic mass is 31.1. The summed E-state index contributed by atoms with van der Waals surface area (Å²) >= 11 is 0. The monoisotopic (exact) mass is 413 g/mol. The summed E-state index contributed by atoms with van der Waals surface area (Å²) in [5, 5.41) is 6.20. The van der Waals surface area contributed by atoms with Gasteiger partial charge in [-0.15, -0.1) is 0 Å². The van der Waals surface area contributed by atoms with Crippen LogP contribution >= 0.6 is 7.92 Å². The highest BCUT2D eigenvalue weighted by molar-refractivity contribution is 7.80. The van der Waals surface area contributed by atoms with E-state index in [4.69, 9.17) is 0 Å². The van der Waals surface area contributed by atoms with Crippen LogP contribution in [0.5, 0.6) is 0 Å². The summed E-state index contributed by atoms with van der Waals surface area (Å²) in [5.74, 6) is -1.88. The van der Waals surface area contributed by atoms with Gasteiger partial charge in [-0.05, 0) is 31.5 Å². The van der Waals surface area contributed by atoms with Crippen molar-refractivity contribution in [2.24, 2.45) is 0 Å². The SMILES string of the molecule is CC(=CC(=O)C(F)(F)F)Nc1ccccc1P(c1ccccc1)c1ccccc1. The molecule has 3 aromatic carbocycles. The summed E-state index contributed by atoms with van der Waals surface area (Å²) in [5.41, 5.74) is 0.811. The number of carbonyl (C=O) groups is 1. The van der Waals surface area contributed by atoms with Crippen molar-refractivity contribution in [3.05, 3.63) is 96.7 Å². The number of alkyl halides is 3. The molecule has 0 atom stereocenters. The van der Waals surface area contributed by atoms with Crippen LogP contribution in [0.3, 0.4) is 0 Å². The maximum atomic E-state index is 12.6. The van der Waals surface area contributed by atoms with E-state index in [2.05, 4.69) is 5.32 Å². The van der Waals surface area contributed by atoms with Gasteiger partial charge in [-0.25, -0.2) is 0 Å². The molecule has 0 spiro atoms. The second kappa shape index (κ2) is 9.06. The molecule has 0 aliphatic rings. The van der Waals surface area contributed by atoms with Gasteiger partial charge in [0.15, 0.2) is 0 Å². The second-order valence-electron chi connectivity index (χ2n) is 6.34. The summed E-state index contributed by atoms with van der Waals surface area (Å²) in [7, 11) is -0.937. The van der Waals surface area contributed by atoms with E-state index in [0.717, 1.165) is 15.9 Å². The number of hydrogen-bond donors (Lipinski definition) is 1. The number of hydrogen-bond acceptors (Lipinski definition) is 2. The molecular formula is C23H19F3NOP. The molecule has 0 saturated heterocycles. The summed E-state index contributed by atoms with van der Waals surface area (Å²) in [6, 6.07) is 27.5. The van der Waals surface area contributed by atoms with E-state index in [0.29, 0.717) is 11.8 Å². The van der Waals surface area contributed by atoms with E-state index in [1.54, 1.807) is 0 Å². The van der Waals surface area contributed by atoms with E-state index in [1.165, 1.54) is 6.92 Å². The van der Waals surface area contributed by atoms with Crippen LogP contribution in [-0.2, 0) is 4.79 Å². The highest BCUT2D eigenvalue weighted by Gasteiger charge is 2.36. The molecule has 0 saturated carbocycles. The van der Waals surface area contributed by atoms with E-state index >= 15 is 0 Å². The van der Waals surface area contributed by atoms with E-state index in [9.17, 15) is 18.0 Å². The van der Waals surface area contributed by atoms with Gasteiger partial charge in [-0.1, -0.05) is 78.9 Å². The maximum absolute atomic E-state index is 12.6. The van der Waals surface area contributed by atoms with Crippen molar-refractivity contribution >= 4 is 35.3 Å². The van der Waals surface area contributed by atoms with Crippen LogP contribution in [-0.4, -0.2) is 12.0 Å². The summed E-state index contributed by atoms with van der Waals surface area (Å²) < 4.78 is 37.7. The largest absolute Gasteiger partial charge is 0.454 e. The van der Waals surface area contributed by atoms with Crippen molar-refractivity contribution < 1.29 is 18.0 Å². The molecule has 3 aromatic rings. The molecular weight excluding hydrogens is 394 g/mol. The van der Waals surface area contributed by atoms with Crippen molar-refractivity contribution in [3.8, 4) is 0 Å². The minimum Gasteiger partial charge on any atom is -0.358 e. The van der Waals surface area contributed by atoms with Crippen molar-refractivity contribution in [1.82, 2.24) is 0 Å². The molecule has 0 aromatic heterocycles. The predicted molar refractivity (Wildman–Crippen MR) is 114 cm³/mol. The Hall–Kier alpha value is -2.91. The third kappa shape index (κ3) is 5.33. The van der Waals surface area contributed by atoms with Crippen molar-refractivity contribution in [1.29, 1.82) is 0 Å². The van der Waals surface area contributed by atoms with Gasteiger partial charge in [0.2, 0.25) is 0 Å². The summed E-state index contributed by atoms with van der Waals surface area (Å²) in [4.78, 5) is 11.3. The number of ketones is 1. The van der Waals surface area contributed by atoms with E-state index in [-0.39, 0.29) is 5.70 Å². The summed E-state index contributed by atoms with van der Waals surface area (Å²) in [6.07, 6.45) is -4.30. The Morgan fingerprint density at radius 1 is 0.828 bits per heavy atom. The highest BCUT2D eigenvalue weighted by Crippen LogP contribution is 2.35. The normalized spacial score (nSPS) is 12.1. The molecule has 148 valence electrons. The number of para-hydroxylation sites is 1. The first-order valence-electron chi connectivity index (χ1n) is 8.92. The van der Waals surface area contributed by atoms with Crippen LogP contribution < -0.4 is 21.2 Å². The maximum Gasteiger partial charge on any atom is 0.454 e. The van der Waals surface area contributed by atoms with E-state index < -0.39 is 19.9 Å². The number of allylic oxidation sites excluding steroid dienone is 2. The first-order chi connectivity index (χ1) is 13.9. The van der Waals surface area contributed by atoms with Gasteiger partial charge in [-0.2, -0.15) is 13.2 Å². The molecule has 0 radical (unpaired) electrons. The average Bonchev–Trinajstić information content (AvgIpc) is 2.70. The zero-order valence-corrected chi connectivity index (χ0v) is 16.5. The van der Waals surface area contributed by atoms with Crippen LogP contribution in [0.4, 0.5) is 18.9 Å². The van der Waals surface area contributed by atoms with Gasteiger partial charge in [-0.3, -0.25) is 4.79 Å². The molecule has 0 heterocycles. The summed E-state index contributed by atoms with van der Waals surface area (Å²) in [6.45, 7) is 1.45. The number of carbonyl (C=O) groups excluding carboxylic acids is 1. The smallest absolute Gasteiger partial charge is 0.358 e. The van der Waals surface area contributed by atoms with Crippen molar-refractivity contribution in [2.75, 3.05) is 5.32 Å². The number of halogens is 3. The average molecular weight is 413 g/mol. The molecule has 6 heteroatoms. The lowest BCUT2D eigenvalue weighted by Gasteiger charge is -2.23. The minimum atomic E-state index is -4.89. The van der Waals surface area contributed by atoms with Gasteiger partial charge in [0.25, 0.3) is 5.78 Å². The van der Waals surface area contributed by atoms with Crippen LogP contribution in [0.2, 0.25) is 0 Å². The number of rotatable bonds is 6. The molecule has 0 amide bonds. The molecule has 29 heavy (non-hydrogen) atoms. The fourth-order valence-electron chi connectivity index (χ4n) is 2.88. The van der Waals surface area contributed by atoms with Gasteiger partial charge in [0.1, 0.15) is 0 Å². The zero-order chi connectivity index (χ0) is 20.9. The Kier molecular flexibility index (Phi) is 6.50. The molecule has 1 N–H and O–H groups in total. The third-order valence-corrected chi connectivity index (χ3v) is 6.63. The van der Waals surface area contributed by atoms with Gasteiger partial charge < -0.3 is 5.32 Å². The first-order valence-corrected chi connectivity index (χ1v) is 10.3. The Bertz CT molecular complexity index is 962. The van der Waals surface area contributed by atoms with Crippen LogP contribution in [0.1, 0.15) is 6.92 Å². The molecule has 0 fully saturated rings. The third-order valence-electron chi connectivity index (χ3n) is 4.13. The lowest BCUT2D eigenvalue weighted by atomic mass is 10.2. The Morgan fingerprint density at radius 3 is 1.83 bits per heavy atom.